The summed E-state index contributed by atoms with van der Waals surface area (Å²) in [6.45, 7) is 0. The van der Waals surface area contributed by atoms with Gasteiger partial charge >= 0.3 is 0 Å². The Kier molecular flexibility index (Phi) is 2.06. The molecular weight excluding hydrogens is 200 g/mol. The molecule has 82 valence electrons. The molecule has 1 heterocycles. The second kappa shape index (κ2) is 3.44. The standard InChI is InChI=1S/C13H14N2O/c14-13(16)8-5-6-12-10(7-8)9-3-1-2-4-11(9)15-12/h1-4,8,10H,5-7H2,(H2,14,16). The monoisotopic (exact) mass is 214 g/mol. The van der Waals surface area contributed by atoms with Crippen molar-refractivity contribution in [2.75, 3.05) is 0 Å². The lowest BCUT2D eigenvalue weighted by atomic mass is 9.77. The highest BCUT2D eigenvalue weighted by Gasteiger charge is 2.35. The van der Waals surface area contributed by atoms with Crippen molar-refractivity contribution in [1.29, 1.82) is 0 Å². The van der Waals surface area contributed by atoms with Crippen LogP contribution in [0.1, 0.15) is 30.7 Å². The fraction of sp³-hybridized carbons (Fsp3) is 0.385. The van der Waals surface area contributed by atoms with E-state index in [-0.39, 0.29) is 11.8 Å². The van der Waals surface area contributed by atoms with Crippen molar-refractivity contribution in [2.24, 2.45) is 16.6 Å². The van der Waals surface area contributed by atoms with Crippen LogP contribution in [0, 0.1) is 5.92 Å². The second-order valence-electron chi connectivity index (χ2n) is 4.59. The van der Waals surface area contributed by atoms with Crippen LogP contribution >= 0.6 is 0 Å². The molecule has 1 aromatic carbocycles. The molecule has 1 amide bonds. The van der Waals surface area contributed by atoms with E-state index in [9.17, 15) is 4.79 Å². The fourth-order valence-corrected chi connectivity index (χ4v) is 2.77. The number of benzene rings is 1. The number of amides is 1. The molecule has 0 spiro atoms. The van der Waals surface area contributed by atoms with Crippen molar-refractivity contribution < 1.29 is 4.79 Å². The summed E-state index contributed by atoms with van der Waals surface area (Å²) in [6, 6.07) is 8.19. The zero-order valence-corrected chi connectivity index (χ0v) is 9.02. The number of fused-ring (bicyclic) bond motifs is 3. The summed E-state index contributed by atoms with van der Waals surface area (Å²) in [5.41, 5.74) is 8.97. The maximum Gasteiger partial charge on any atom is 0.220 e. The number of para-hydroxylation sites is 1. The van der Waals surface area contributed by atoms with Gasteiger partial charge in [-0.25, -0.2) is 0 Å². The van der Waals surface area contributed by atoms with Gasteiger partial charge in [-0.15, -0.1) is 0 Å². The van der Waals surface area contributed by atoms with Crippen molar-refractivity contribution in [3.8, 4) is 0 Å². The van der Waals surface area contributed by atoms with Gasteiger partial charge in [0.1, 0.15) is 0 Å². The third-order valence-corrected chi connectivity index (χ3v) is 3.65. The highest BCUT2D eigenvalue weighted by molar-refractivity contribution is 5.99. The molecule has 0 aromatic heterocycles. The molecule has 0 radical (unpaired) electrons. The van der Waals surface area contributed by atoms with E-state index in [0.29, 0.717) is 5.92 Å². The molecule has 1 fully saturated rings. The van der Waals surface area contributed by atoms with Gasteiger partial charge in [0.05, 0.1) is 5.69 Å². The molecule has 0 saturated heterocycles. The van der Waals surface area contributed by atoms with Crippen LogP contribution in [0.25, 0.3) is 0 Å². The summed E-state index contributed by atoms with van der Waals surface area (Å²) >= 11 is 0. The zero-order chi connectivity index (χ0) is 11.1. The minimum Gasteiger partial charge on any atom is -0.369 e. The SMILES string of the molecule is NC(=O)C1CCC2=Nc3ccccc3C2C1. The molecular formula is C13H14N2O. The Hall–Kier alpha value is -1.64. The van der Waals surface area contributed by atoms with E-state index in [2.05, 4.69) is 11.1 Å². The van der Waals surface area contributed by atoms with Crippen LogP contribution in [-0.4, -0.2) is 11.6 Å². The predicted molar refractivity (Wildman–Crippen MR) is 62.8 cm³/mol. The number of carbonyl (C=O) groups excluding carboxylic acids is 1. The van der Waals surface area contributed by atoms with E-state index in [1.807, 2.05) is 18.2 Å². The van der Waals surface area contributed by atoms with Gasteiger partial charge in [-0.3, -0.25) is 9.79 Å². The zero-order valence-electron chi connectivity index (χ0n) is 9.02. The smallest absolute Gasteiger partial charge is 0.220 e. The van der Waals surface area contributed by atoms with E-state index in [1.54, 1.807) is 0 Å². The van der Waals surface area contributed by atoms with Gasteiger partial charge in [-0.05, 0) is 30.9 Å². The largest absolute Gasteiger partial charge is 0.369 e. The molecule has 3 heteroatoms. The molecule has 2 aliphatic rings. The first-order chi connectivity index (χ1) is 7.75. The summed E-state index contributed by atoms with van der Waals surface area (Å²) < 4.78 is 0. The molecule has 3 nitrogen and oxygen atoms in total. The minimum absolute atomic E-state index is 0.0232. The fourth-order valence-electron chi connectivity index (χ4n) is 2.77. The van der Waals surface area contributed by atoms with Crippen molar-refractivity contribution in [2.45, 2.75) is 25.2 Å². The predicted octanol–water partition coefficient (Wildman–Crippen LogP) is 2.14. The Bertz CT molecular complexity index is 479. The van der Waals surface area contributed by atoms with Gasteiger partial charge in [-0.2, -0.15) is 0 Å². The van der Waals surface area contributed by atoms with Crippen LogP contribution in [0.3, 0.4) is 0 Å². The lowest BCUT2D eigenvalue weighted by Crippen LogP contribution is -2.30. The van der Waals surface area contributed by atoms with Crippen LogP contribution in [0.4, 0.5) is 5.69 Å². The van der Waals surface area contributed by atoms with Crippen LogP contribution in [0.2, 0.25) is 0 Å². The summed E-state index contributed by atoms with van der Waals surface area (Å²) in [7, 11) is 0. The third-order valence-electron chi connectivity index (χ3n) is 3.65. The number of rotatable bonds is 1. The molecule has 2 N–H and O–H groups in total. The van der Waals surface area contributed by atoms with Crippen molar-refractivity contribution in [1.82, 2.24) is 0 Å². The Balaban J connectivity index is 1.94. The molecule has 1 saturated carbocycles. The Morgan fingerprint density at radius 2 is 2.19 bits per heavy atom. The van der Waals surface area contributed by atoms with Gasteiger partial charge in [0, 0.05) is 17.5 Å². The van der Waals surface area contributed by atoms with E-state index in [1.165, 1.54) is 11.3 Å². The average molecular weight is 214 g/mol. The van der Waals surface area contributed by atoms with Gasteiger partial charge in [0.25, 0.3) is 0 Å². The summed E-state index contributed by atoms with van der Waals surface area (Å²) in [5.74, 6) is 0.195. The first-order valence-corrected chi connectivity index (χ1v) is 5.71. The van der Waals surface area contributed by atoms with Crippen molar-refractivity contribution >= 4 is 17.3 Å². The maximum absolute atomic E-state index is 11.2. The lowest BCUT2D eigenvalue weighted by Gasteiger charge is -2.25. The van der Waals surface area contributed by atoms with E-state index >= 15 is 0 Å². The number of nitrogens with zero attached hydrogens (tertiary/aromatic N) is 1. The van der Waals surface area contributed by atoms with Crippen LogP contribution in [0.5, 0.6) is 0 Å². The molecule has 3 rings (SSSR count). The van der Waals surface area contributed by atoms with Crippen LogP contribution in [0.15, 0.2) is 29.3 Å². The quantitative estimate of drug-likeness (QED) is 0.765. The number of nitrogens with two attached hydrogens (primary N) is 1. The van der Waals surface area contributed by atoms with E-state index in [4.69, 9.17) is 5.73 Å². The minimum atomic E-state index is -0.163. The molecule has 2 unspecified atom stereocenters. The number of hydrogen-bond donors (Lipinski definition) is 1. The first-order valence-electron chi connectivity index (χ1n) is 5.71. The normalized spacial score (nSPS) is 26.9. The Labute approximate surface area is 94.4 Å². The number of primary amides is 1. The maximum atomic E-state index is 11.2. The van der Waals surface area contributed by atoms with Crippen molar-refractivity contribution in [3.63, 3.8) is 0 Å². The highest BCUT2D eigenvalue weighted by atomic mass is 16.1. The molecule has 1 aliphatic carbocycles. The van der Waals surface area contributed by atoms with Crippen LogP contribution in [-0.2, 0) is 4.79 Å². The molecule has 1 aliphatic heterocycles. The Morgan fingerprint density at radius 1 is 1.38 bits per heavy atom. The second-order valence-corrected chi connectivity index (χ2v) is 4.59. The topological polar surface area (TPSA) is 55.5 Å². The van der Waals surface area contributed by atoms with E-state index < -0.39 is 0 Å². The number of carbonyl (C=O) groups is 1. The highest BCUT2D eigenvalue weighted by Crippen LogP contribution is 2.43. The average Bonchev–Trinajstić information content (AvgIpc) is 2.66. The molecule has 0 bridgehead atoms. The first kappa shape index (κ1) is 9.58. The lowest BCUT2D eigenvalue weighted by molar-refractivity contribution is -0.122. The summed E-state index contributed by atoms with van der Waals surface area (Å²) in [5, 5.41) is 0. The summed E-state index contributed by atoms with van der Waals surface area (Å²) in [6.07, 6.45) is 2.61. The Morgan fingerprint density at radius 3 is 3.00 bits per heavy atom. The molecule has 1 aromatic rings. The summed E-state index contributed by atoms with van der Waals surface area (Å²) in [4.78, 5) is 15.9. The van der Waals surface area contributed by atoms with Gasteiger partial charge in [0.15, 0.2) is 0 Å². The van der Waals surface area contributed by atoms with E-state index in [0.717, 1.165) is 24.9 Å². The van der Waals surface area contributed by atoms with Gasteiger partial charge in [-0.1, -0.05) is 18.2 Å². The van der Waals surface area contributed by atoms with Crippen molar-refractivity contribution in [3.05, 3.63) is 29.8 Å². The molecule has 2 atom stereocenters. The van der Waals surface area contributed by atoms with Gasteiger partial charge in [0.2, 0.25) is 5.91 Å². The van der Waals surface area contributed by atoms with Gasteiger partial charge < -0.3 is 5.73 Å². The third kappa shape index (κ3) is 1.35. The van der Waals surface area contributed by atoms with Crippen LogP contribution < -0.4 is 5.73 Å². The molecule has 16 heavy (non-hydrogen) atoms. The number of aliphatic imine (C=N–C) groups is 1. The number of hydrogen-bond acceptors (Lipinski definition) is 2.